The molecule has 0 radical (unpaired) electrons. The summed E-state index contributed by atoms with van der Waals surface area (Å²) in [5.41, 5.74) is 4.88. The van der Waals surface area contributed by atoms with Gasteiger partial charge in [0.15, 0.2) is 5.69 Å². The van der Waals surface area contributed by atoms with E-state index in [0.717, 1.165) is 35.3 Å². The van der Waals surface area contributed by atoms with Gasteiger partial charge in [-0.1, -0.05) is 18.2 Å². The number of fused-ring (bicyclic) bond motifs is 1. The fourth-order valence-electron chi connectivity index (χ4n) is 5.64. The van der Waals surface area contributed by atoms with E-state index in [9.17, 15) is 14.4 Å². The number of methoxy groups -OCH3 is 1. The van der Waals surface area contributed by atoms with Crippen LogP contribution in [-0.4, -0.2) is 53.1 Å². The molecular weight excluding hydrogens is 532 g/mol. The Bertz CT molecular complexity index is 1580. The van der Waals surface area contributed by atoms with Gasteiger partial charge in [-0.15, -0.1) is 0 Å². The first kappa shape index (κ1) is 27.2. The standard InChI is InChI=1S/C32H32N6O4/c1-42-25-14-8-21(9-15-25)29(34-27(39)20-22-6-2-4-17-33-22)30-26-16-19-38(32(41)31(26)36-35-30)24-12-10-23(11-13-24)37-18-5-3-7-28(37)40/h2,4,6,8-15,17,29H,3,5,7,16,18-20H2,1H3,(H,34,39)(H,35,36). The predicted octanol–water partition coefficient (Wildman–Crippen LogP) is 3.98. The number of benzene rings is 2. The third-order valence-electron chi connectivity index (χ3n) is 7.84. The van der Waals surface area contributed by atoms with Crippen LogP contribution < -0.4 is 19.9 Å². The number of H-pyrrole nitrogens is 1. The molecule has 2 aliphatic heterocycles. The summed E-state index contributed by atoms with van der Waals surface area (Å²) in [6.07, 6.45) is 4.82. The minimum absolute atomic E-state index is 0.121. The lowest BCUT2D eigenvalue weighted by Gasteiger charge is -2.29. The zero-order valence-electron chi connectivity index (χ0n) is 23.4. The zero-order valence-corrected chi connectivity index (χ0v) is 23.4. The molecule has 2 aliphatic rings. The van der Waals surface area contributed by atoms with Crippen molar-refractivity contribution in [1.29, 1.82) is 0 Å². The molecule has 4 aromatic rings. The van der Waals surface area contributed by atoms with Crippen molar-refractivity contribution in [2.45, 2.75) is 38.1 Å². The molecule has 2 aromatic carbocycles. The number of nitrogens with zero attached hydrogens (tertiary/aromatic N) is 4. The van der Waals surface area contributed by atoms with Crippen molar-refractivity contribution in [2.24, 2.45) is 0 Å². The van der Waals surface area contributed by atoms with E-state index < -0.39 is 6.04 Å². The Labute approximate surface area is 243 Å². The number of rotatable bonds is 8. The maximum Gasteiger partial charge on any atom is 0.279 e. The largest absolute Gasteiger partial charge is 0.497 e. The van der Waals surface area contributed by atoms with E-state index in [1.807, 2.05) is 71.6 Å². The number of piperidine rings is 1. The van der Waals surface area contributed by atoms with Crippen LogP contribution in [0.1, 0.15) is 58.3 Å². The molecule has 4 heterocycles. The van der Waals surface area contributed by atoms with Gasteiger partial charge in [0.05, 0.1) is 25.3 Å². The quantitative estimate of drug-likeness (QED) is 0.334. The number of aromatic amines is 1. The number of anilines is 2. The topological polar surface area (TPSA) is 121 Å². The maximum atomic E-state index is 13.6. The Kier molecular flexibility index (Phi) is 7.68. The van der Waals surface area contributed by atoms with Crippen molar-refractivity contribution >= 4 is 29.1 Å². The van der Waals surface area contributed by atoms with Crippen molar-refractivity contribution < 1.29 is 19.1 Å². The molecule has 42 heavy (non-hydrogen) atoms. The number of hydrogen-bond donors (Lipinski definition) is 2. The van der Waals surface area contributed by atoms with Crippen molar-refractivity contribution in [3.63, 3.8) is 0 Å². The van der Waals surface area contributed by atoms with Gasteiger partial charge in [0.25, 0.3) is 5.91 Å². The molecule has 0 saturated carbocycles. The molecular formula is C32H32N6O4. The highest BCUT2D eigenvalue weighted by Gasteiger charge is 2.33. The Morgan fingerprint density at radius 2 is 1.71 bits per heavy atom. The van der Waals surface area contributed by atoms with Crippen molar-refractivity contribution in [3.8, 4) is 5.75 Å². The van der Waals surface area contributed by atoms with Gasteiger partial charge in [-0.25, -0.2) is 0 Å². The molecule has 214 valence electrons. The van der Waals surface area contributed by atoms with Crippen molar-refractivity contribution in [3.05, 3.63) is 101 Å². The molecule has 0 spiro atoms. The molecule has 2 N–H and O–H groups in total. The number of ether oxygens (including phenoxy) is 1. The van der Waals surface area contributed by atoms with Crippen molar-refractivity contribution in [2.75, 3.05) is 30.0 Å². The Morgan fingerprint density at radius 1 is 0.952 bits per heavy atom. The molecule has 1 saturated heterocycles. The zero-order chi connectivity index (χ0) is 29.1. The second-order valence-electron chi connectivity index (χ2n) is 10.5. The molecule has 3 amide bonds. The van der Waals surface area contributed by atoms with Gasteiger partial charge in [0.1, 0.15) is 5.75 Å². The fourth-order valence-corrected chi connectivity index (χ4v) is 5.64. The summed E-state index contributed by atoms with van der Waals surface area (Å²) in [6.45, 7) is 1.17. The smallest absolute Gasteiger partial charge is 0.279 e. The molecule has 1 unspecified atom stereocenters. The lowest BCUT2D eigenvalue weighted by atomic mass is 9.95. The molecule has 1 fully saturated rings. The van der Waals surface area contributed by atoms with Crippen LogP contribution in [-0.2, 0) is 22.4 Å². The highest BCUT2D eigenvalue weighted by atomic mass is 16.5. The van der Waals surface area contributed by atoms with E-state index in [1.54, 1.807) is 18.2 Å². The van der Waals surface area contributed by atoms with Crippen LogP contribution in [0.4, 0.5) is 11.4 Å². The fraction of sp³-hybridized carbons (Fsp3) is 0.281. The summed E-state index contributed by atoms with van der Waals surface area (Å²) in [4.78, 5) is 46.9. The first-order valence-electron chi connectivity index (χ1n) is 14.1. The van der Waals surface area contributed by atoms with Gasteiger partial charge in [-0.05, 0) is 73.4 Å². The Hall–Kier alpha value is -4.99. The predicted molar refractivity (Wildman–Crippen MR) is 158 cm³/mol. The number of carbonyl (C=O) groups excluding carboxylic acids is 3. The summed E-state index contributed by atoms with van der Waals surface area (Å²) in [7, 11) is 1.60. The first-order chi connectivity index (χ1) is 20.5. The third-order valence-corrected chi connectivity index (χ3v) is 7.84. The molecule has 10 heteroatoms. The third kappa shape index (κ3) is 5.47. The van der Waals surface area contributed by atoms with Gasteiger partial charge in [-0.3, -0.25) is 24.5 Å². The van der Waals surface area contributed by atoms with Gasteiger partial charge >= 0.3 is 0 Å². The summed E-state index contributed by atoms with van der Waals surface area (Å²) in [5, 5.41) is 10.6. The second-order valence-corrected chi connectivity index (χ2v) is 10.5. The van der Waals surface area contributed by atoms with Gasteiger partial charge in [0, 0.05) is 48.3 Å². The monoisotopic (exact) mass is 564 g/mol. The number of nitrogens with one attached hydrogen (secondary N) is 2. The van der Waals surface area contributed by atoms with Crippen LogP contribution in [0.25, 0.3) is 0 Å². The molecule has 1 atom stereocenters. The lowest BCUT2D eigenvalue weighted by Crippen LogP contribution is -2.38. The number of aromatic nitrogens is 3. The second kappa shape index (κ2) is 11.9. The summed E-state index contributed by atoms with van der Waals surface area (Å²) >= 11 is 0. The first-order valence-corrected chi connectivity index (χ1v) is 14.1. The van der Waals surface area contributed by atoms with Gasteiger partial charge in [-0.2, -0.15) is 5.10 Å². The average Bonchev–Trinajstić information content (AvgIpc) is 3.46. The highest BCUT2D eigenvalue weighted by molar-refractivity contribution is 6.07. The minimum Gasteiger partial charge on any atom is -0.497 e. The average molecular weight is 565 g/mol. The number of carbonyl (C=O) groups is 3. The van der Waals surface area contributed by atoms with E-state index in [1.165, 1.54) is 0 Å². The molecule has 0 aliphatic carbocycles. The van der Waals surface area contributed by atoms with E-state index in [0.29, 0.717) is 48.8 Å². The Morgan fingerprint density at radius 3 is 2.40 bits per heavy atom. The SMILES string of the molecule is COc1ccc(C(NC(=O)Cc2ccccn2)c2[nH]nc3c2CCN(c2ccc(N4CCCCC4=O)cc2)C3=O)cc1. The minimum atomic E-state index is -0.552. The molecule has 6 rings (SSSR count). The van der Waals surface area contributed by atoms with Crippen molar-refractivity contribution in [1.82, 2.24) is 20.5 Å². The molecule has 0 bridgehead atoms. The number of hydrogen-bond acceptors (Lipinski definition) is 6. The lowest BCUT2D eigenvalue weighted by molar-refractivity contribution is -0.121. The van der Waals surface area contributed by atoms with E-state index in [4.69, 9.17) is 4.74 Å². The Balaban J connectivity index is 1.25. The van der Waals surface area contributed by atoms with E-state index >= 15 is 0 Å². The van der Waals surface area contributed by atoms with E-state index in [2.05, 4.69) is 20.5 Å². The molecule has 10 nitrogen and oxygen atoms in total. The van der Waals surface area contributed by atoms with Crippen LogP contribution in [0.2, 0.25) is 0 Å². The summed E-state index contributed by atoms with van der Waals surface area (Å²) < 4.78 is 5.32. The summed E-state index contributed by atoms with van der Waals surface area (Å²) in [5.74, 6) is 0.420. The van der Waals surface area contributed by atoms with E-state index in [-0.39, 0.29) is 24.1 Å². The van der Waals surface area contributed by atoms with Crippen LogP contribution in [0, 0.1) is 0 Å². The summed E-state index contributed by atoms with van der Waals surface area (Å²) in [6, 6.07) is 19.9. The number of amides is 3. The normalized spacial score (nSPS) is 15.7. The number of pyridine rings is 1. The maximum absolute atomic E-state index is 13.6. The highest BCUT2D eigenvalue weighted by Crippen LogP contribution is 2.32. The van der Waals surface area contributed by atoms with Gasteiger partial charge < -0.3 is 19.9 Å². The van der Waals surface area contributed by atoms with Crippen LogP contribution in [0.15, 0.2) is 72.9 Å². The van der Waals surface area contributed by atoms with Crippen LogP contribution >= 0.6 is 0 Å². The van der Waals surface area contributed by atoms with Gasteiger partial charge in [0.2, 0.25) is 11.8 Å². The van der Waals surface area contributed by atoms with Crippen LogP contribution in [0.3, 0.4) is 0 Å². The molecule has 2 aromatic heterocycles. The van der Waals surface area contributed by atoms with Crippen LogP contribution in [0.5, 0.6) is 5.75 Å².